The number of nitrogens with two attached hydrogens (primary N) is 1. The molecule has 0 spiro atoms. The molecule has 0 aliphatic rings. The summed E-state index contributed by atoms with van der Waals surface area (Å²) in [5, 5.41) is 3.05. The average molecular weight is 353 g/mol. The van der Waals surface area contributed by atoms with Crippen LogP contribution in [0.5, 0.6) is 0 Å². The summed E-state index contributed by atoms with van der Waals surface area (Å²) in [6, 6.07) is 14.0. The van der Waals surface area contributed by atoms with Gasteiger partial charge in [0.05, 0.1) is 0 Å². The molecule has 26 heavy (non-hydrogen) atoms. The fourth-order valence-corrected chi connectivity index (χ4v) is 2.73. The van der Waals surface area contributed by atoms with Gasteiger partial charge in [0.15, 0.2) is 0 Å². The van der Waals surface area contributed by atoms with Gasteiger partial charge in [0, 0.05) is 17.8 Å². The van der Waals surface area contributed by atoms with Gasteiger partial charge in [0.25, 0.3) is 5.91 Å². The van der Waals surface area contributed by atoms with Crippen LogP contribution in [0.3, 0.4) is 0 Å². The zero-order valence-corrected chi connectivity index (χ0v) is 16.9. The van der Waals surface area contributed by atoms with E-state index in [1.807, 2.05) is 36.4 Å². The summed E-state index contributed by atoms with van der Waals surface area (Å²) in [5.74, 6) is -0.0166. The molecule has 0 atom stereocenters. The number of nitrogens with one attached hydrogen (secondary N) is 1. The lowest BCUT2D eigenvalue weighted by Crippen LogP contribution is -2.27. The Hall–Kier alpha value is -2.29. The van der Waals surface area contributed by atoms with Gasteiger partial charge in [-0.15, -0.1) is 0 Å². The second kappa shape index (κ2) is 7.53. The zero-order valence-electron chi connectivity index (χ0n) is 16.9. The van der Waals surface area contributed by atoms with Crippen molar-refractivity contribution in [3.8, 4) is 0 Å². The molecule has 3 N–H and O–H groups in total. The van der Waals surface area contributed by atoms with E-state index in [2.05, 4.69) is 52.9 Å². The van der Waals surface area contributed by atoms with E-state index >= 15 is 0 Å². The van der Waals surface area contributed by atoms with Crippen LogP contribution in [-0.2, 0) is 17.3 Å². The van der Waals surface area contributed by atoms with Gasteiger partial charge >= 0.3 is 0 Å². The maximum atomic E-state index is 12.7. The SMILES string of the molecule is CC(C)(C)c1cc(C(=O)NCCc2ccc(N)cc2)cc(C(C)(C)C)c1. The Labute approximate surface area is 158 Å². The molecule has 0 aliphatic heterocycles. The smallest absolute Gasteiger partial charge is 0.251 e. The molecule has 0 heterocycles. The molecule has 0 saturated carbocycles. The number of hydrogen-bond donors (Lipinski definition) is 2. The molecule has 0 aromatic heterocycles. The number of rotatable bonds is 4. The third kappa shape index (κ3) is 5.35. The van der Waals surface area contributed by atoms with Gasteiger partial charge in [-0.2, -0.15) is 0 Å². The standard InChI is InChI=1S/C23H32N2O/c1-22(2,3)18-13-17(14-19(15-18)23(4,5)6)21(26)25-12-11-16-7-9-20(24)10-8-16/h7-10,13-15H,11-12,24H2,1-6H3,(H,25,26). The van der Waals surface area contributed by atoms with Crippen LogP contribution < -0.4 is 11.1 Å². The number of carbonyl (C=O) groups excluding carboxylic acids is 1. The zero-order chi connectivity index (χ0) is 19.5. The first-order valence-corrected chi connectivity index (χ1v) is 9.25. The topological polar surface area (TPSA) is 55.1 Å². The van der Waals surface area contributed by atoms with E-state index < -0.39 is 0 Å². The van der Waals surface area contributed by atoms with Crippen molar-refractivity contribution in [2.24, 2.45) is 0 Å². The van der Waals surface area contributed by atoms with Crippen molar-refractivity contribution < 1.29 is 4.79 Å². The van der Waals surface area contributed by atoms with Crippen molar-refractivity contribution >= 4 is 11.6 Å². The monoisotopic (exact) mass is 352 g/mol. The Bertz CT molecular complexity index is 730. The Balaban J connectivity index is 2.15. The molecule has 2 aromatic carbocycles. The first-order valence-electron chi connectivity index (χ1n) is 9.25. The van der Waals surface area contributed by atoms with E-state index in [-0.39, 0.29) is 16.7 Å². The number of carbonyl (C=O) groups is 1. The maximum Gasteiger partial charge on any atom is 0.251 e. The second-order valence-corrected chi connectivity index (χ2v) is 9.05. The lowest BCUT2D eigenvalue weighted by atomic mass is 9.79. The predicted molar refractivity (Wildman–Crippen MR) is 111 cm³/mol. The summed E-state index contributed by atoms with van der Waals surface area (Å²) in [5.41, 5.74) is 10.7. The number of nitrogen functional groups attached to an aromatic ring is 1. The molecule has 3 nitrogen and oxygen atoms in total. The van der Waals surface area contributed by atoms with Crippen LogP contribution in [-0.4, -0.2) is 12.5 Å². The number of benzene rings is 2. The summed E-state index contributed by atoms with van der Waals surface area (Å²) < 4.78 is 0. The summed E-state index contributed by atoms with van der Waals surface area (Å²) >= 11 is 0. The van der Waals surface area contributed by atoms with Crippen LogP contribution in [0.1, 0.15) is 68.6 Å². The Morgan fingerprint density at radius 3 is 1.85 bits per heavy atom. The van der Waals surface area contributed by atoms with Gasteiger partial charge < -0.3 is 11.1 Å². The molecule has 0 fully saturated rings. The Morgan fingerprint density at radius 1 is 0.885 bits per heavy atom. The minimum absolute atomic E-state index is 0.000257. The van der Waals surface area contributed by atoms with Crippen molar-refractivity contribution in [3.63, 3.8) is 0 Å². The summed E-state index contributed by atoms with van der Waals surface area (Å²) in [6.07, 6.45) is 0.789. The van der Waals surface area contributed by atoms with Crippen molar-refractivity contribution in [1.82, 2.24) is 5.32 Å². The van der Waals surface area contributed by atoms with Crippen molar-refractivity contribution in [2.45, 2.75) is 58.8 Å². The van der Waals surface area contributed by atoms with E-state index in [0.717, 1.165) is 17.7 Å². The lowest BCUT2D eigenvalue weighted by Gasteiger charge is -2.26. The maximum absolute atomic E-state index is 12.7. The number of hydrogen-bond acceptors (Lipinski definition) is 2. The van der Waals surface area contributed by atoms with Crippen LogP contribution in [0, 0.1) is 0 Å². The molecule has 2 aromatic rings. The van der Waals surface area contributed by atoms with Crippen LogP contribution in [0.2, 0.25) is 0 Å². The summed E-state index contributed by atoms with van der Waals surface area (Å²) in [7, 11) is 0. The van der Waals surface area contributed by atoms with Crippen LogP contribution in [0.4, 0.5) is 5.69 Å². The molecular formula is C23H32N2O. The Morgan fingerprint density at radius 2 is 1.38 bits per heavy atom. The van der Waals surface area contributed by atoms with Crippen molar-refractivity contribution in [3.05, 3.63) is 64.7 Å². The highest BCUT2D eigenvalue weighted by atomic mass is 16.1. The van der Waals surface area contributed by atoms with Crippen LogP contribution >= 0.6 is 0 Å². The predicted octanol–water partition coefficient (Wildman–Crippen LogP) is 4.84. The van der Waals surface area contributed by atoms with Crippen molar-refractivity contribution in [1.29, 1.82) is 0 Å². The van der Waals surface area contributed by atoms with E-state index in [0.29, 0.717) is 6.54 Å². The van der Waals surface area contributed by atoms with Gasteiger partial charge in [-0.05, 0) is 58.2 Å². The minimum atomic E-state index is -0.0166. The highest BCUT2D eigenvalue weighted by molar-refractivity contribution is 5.94. The van der Waals surface area contributed by atoms with E-state index in [4.69, 9.17) is 5.73 Å². The van der Waals surface area contributed by atoms with E-state index in [1.54, 1.807) is 0 Å². The highest BCUT2D eigenvalue weighted by Crippen LogP contribution is 2.30. The molecule has 1 amide bonds. The molecular weight excluding hydrogens is 320 g/mol. The second-order valence-electron chi connectivity index (χ2n) is 9.05. The third-order valence-corrected chi connectivity index (χ3v) is 4.61. The van der Waals surface area contributed by atoms with Gasteiger partial charge in [0.2, 0.25) is 0 Å². The van der Waals surface area contributed by atoms with Crippen molar-refractivity contribution in [2.75, 3.05) is 12.3 Å². The quantitative estimate of drug-likeness (QED) is 0.774. The van der Waals surface area contributed by atoms with E-state index in [1.165, 1.54) is 16.7 Å². The average Bonchev–Trinajstić information content (AvgIpc) is 2.54. The largest absolute Gasteiger partial charge is 0.399 e. The fourth-order valence-electron chi connectivity index (χ4n) is 2.73. The minimum Gasteiger partial charge on any atom is -0.399 e. The molecule has 0 radical (unpaired) electrons. The van der Waals surface area contributed by atoms with Gasteiger partial charge in [-0.3, -0.25) is 4.79 Å². The number of anilines is 1. The molecule has 0 aliphatic carbocycles. The third-order valence-electron chi connectivity index (χ3n) is 4.61. The van der Waals surface area contributed by atoms with Gasteiger partial charge in [0.1, 0.15) is 0 Å². The first kappa shape index (κ1) is 20.0. The molecule has 3 heteroatoms. The molecule has 0 saturated heterocycles. The molecule has 0 unspecified atom stereocenters. The van der Waals surface area contributed by atoms with E-state index in [9.17, 15) is 4.79 Å². The lowest BCUT2D eigenvalue weighted by molar-refractivity contribution is 0.0954. The van der Waals surface area contributed by atoms with Crippen LogP contribution in [0.25, 0.3) is 0 Å². The Kier molecular flexibility index (Phi) is 5.80. The van der Waals surface area contributed by atoms with Crippen LogP contribution in [0.15, 0.2) is 42.5 Å². The molecule has 2 rings (SSSR count). The molecule has 140 valence electrons. The number of amides is 1. The van der Waals surface area contributed by atoms with Gasteiger partial charge in [-0.25, -0.2) is 0 Å². The molecule has 0 bridgehead atoms. The fraction of sp³-hybridized carbons (Fsp3) is 0.435. The summed E-state index contributed by atoms with van der Waals surface area (Å²) in [4.78, 5) is 12.7. The first-order chi connectivity index (χ1) is 12.0. The highest BCUT2D eigenvalue weighted by Gasteiger charge is 2.22. The van der Waals surface area contributed by atoms with Gasteiger partial charge in [-0.1, -0.05) is 59.7 Å². The normalized spacial score (nSPS) is 12.1. The summed E-state index contributed by atoms with van der Waals surface area (Å²) in [6.45, 7) is 13.7.